The standard InChI is InChI=1S/C17H19ClN4O/c18-13-3-1-2-12(8-13)15-10-19-6-7-22(15)17(23)14-9-20-16(21-14)11-4-5-11/h1-3,8-9,11,15,19H,4-7,10H2,(H,20,21). The molecule has 1 aliphatic carbocycles. The third-order valence-electron chi connectivity index (χ3n) is 4.53. The molecule has 120 valence electrons. The summed E-state index contributed by atoms with van der Waals surface area (Å²) in [4.78, 5) is 22.4. The highest BCUT2D eigenvalue weighted by Crippen LogP contribution is 2.38. The number of hydrogen-bond donors (Lipinski definition) is 2. The van der Waals surface area contributed by atoms with Crippen molar-refractivity contribution in [3.05, 3.63) is 52.6 Å². The van der Waals surface area contributed by atoms with Gasteiger partial charge in [0.1, 0.15) is 11.5 Å². The van der Waals surface area contributed by atoms with E-state index < -0.39 is 0 Å². The number of rotatable bonds is 3. The minimum Gasteiger partial charge on any atom is -0.338 e. The summed E-state index contributed by atoms with van der Waals surface area (Å²) < 4.78 is 0. The molecule has 1 saturated carbocycles. The Morgan fingerprint density at radius 3 is 3.00 bits per heavy atom. The van der Waals surface area contributed by atoms with Gasteiger partial charge in [-0.25, -0.2) is 4.98 Å². The van der Waals surface area contributed by atoms with E-state index in [2.05, 4.69) is 15.3 Å². The van der Waals surface area contributed by atoms with Crippen molar-refractivity contribution >= 4 is 17.5 Å². The van der Waals surface area contributed by atoms with Gasteiger partial charge in [0.2, 0.25) is 0 Å². The van der Waals surface area contributed by atoms with Crippen molar-refractivity contribution in [3.63, 3.8) is 0 Å². The molecule has 1 aromatic carbocycles. The molecule has 1 saturated heterocycles. The number of amides is 1. The lowest BCUT2D eigenvalue weighted by Gasteiger charge is -2.36. The van der Waals surface area contributed by atoms with Crippen LogP contribution in [0.2, 0.25) is 5.02 Å². The van der Waals surface area contributed by atoms with E-state index in [-0.39, 0.29) is 11.9 Å². The fraction of sp³-hybridized carbons (Fsp3) is 0.412. The number of nitrogens with one attached hydrogen (secondary N) is 2. The number of carbonyl (C=O) groups excluding carboxylic acids is 1. The number of piperazine rings is 1. The zero-order valence-corrected chi connectivity index (χ0v) is 13.5. The molecular weight excluding hydrogens is 312 g/mol. The summed E-state index contributed by atoms with van der Waals surface area (Å²) in [6, 6.07) is 7.72. The van der Waals surface area contributed by atoms with Crippen LogP contribution in [0.5, 0.6) is 0 Å². The summed E-state index contributed by atoms with van der Waals surface area (Å²) in [5.74, 6) is 1.47. The topological polar surface area (TPSA) is 61.0 Å². The first-order valence-electron chi connectivity index (χ1n) is 8.04. The number of aromatic nitrogens is 2. The maximum Gasteiger partial charge on any atom is 0.272 e. The van der Waals surface area contributed by atoms with Gasteiger partial charge in [0.15, 0.2) is 0 Å². The van der Waals surface area contributed by atoms with E-state index in [0.29, 0.717) is 23.2 Å². The van der Waals surface area contributed by atoms with Gasteiger partial charge in [-0.1, -0.05) is 23.7 Å². The van der Waals surface area contributed by atoms with E-state index in [4.69, 9.17) is 11.6 Å². The van der Waals surface area contributed by atoms with E-state index >= 15 is 0 Å². The van der Waals surface area contributed by atoms with Crippen LogP contribution in [-0.4, -0.2) is 40.4 Å². The van der Waals surface area contributed by atoms with Gasteiger partial charge in [-0.05, 0) is 30.5 Å². The Bertz CT molecular complexity index is 725. The molecule has 2 N–H and O–H groups in total. The van der Waals surface area contributed by atoms with Crippen molar-refractivity contribution in [1.29, 1.82) is 0 Å². The highest BCUT2D eigenvalue weighted by molar-refractivity contribution is 6.30. The molecule has 0 spiro atoms. The molecule has 2 heterocycles. The van der Waals surface area contributed by atoms with Crippen LogP contribution < -0.4 is 5.32 Å². The van der Waals surface area contributed by atoms with Gasteiger partial charge >= 0.3 is 0 Å². The number of nitrogens with zero attached hydrogens (tertiary/aromatic N) is 2. The maximum atomic E-state index is 12.9. The largest absolute Gasteiger partial charge is 0.338 e. The highest BCUT2D eigenvalue weighted by atomic mass is 35.5. The number of halogens is 1. The van der Waals surface area contributed by atoms with Crippen LogP contribution in [0.1, 0.15) is 46.7 Å². The fourth-order valence-electron chi connectivity index (χ4n) is 3.12. The van der Waals surface area contributed by atoms with E-state index in [9.17, 15) is 4.79 Å². The lowest BCUT2D eigenvalue weighted by atomic mass is 10.0. The highest BCUT2D eigenvalue weighted by Gasteiger charge is 2.31. The Kier molecular flexibility index (Phi) is 3.83. The van der Waals surface area contributed by atoms with Crippen molar-refractivity contribution in [2.45, 2.75) is 24.8 Å². The van der Waals surface area contributed by atoms with Gasteiger partial charge in [0.05, 0.1) is 12.2 Å². The number of hydrogen-bond acceptors (Lipinski definition) is 3. The third-order valence-corrected chi connectivity index (χ3v) is 4.76. The lowest BCUT2D eigenvalue weighted by molar-refractivity contribution is 0.0628. The lowest BCUT2D eigenvalue weighted by Crippen LogP contribution is -2.48. The molecule has 0 bridgehead atoms. The van der Waals surface area contributed by atoms with E-state index in [0.717, 1.165) is 24.5 Å². The number of benzene rings is 1. The average molecular weight is 331 g/mol. The normalized spacial score (nSPS) is 21.4. The van der Waals surface area contributed by atoms with Crippen LogP contribution in [-0.2, 0) is 0 Å². The summed E-state index contributed by atoms with van der Waals surface area (Å²) in [6.07, 6.45) is 4.01. The molecule has 1 unspecified atom stereocenters. The van der Waals surface area contributed by atoms with Gasteiger partial charge in [-0.15, -0.1) is 0 Å². The number of H-pyrrole nitrogens is 1. The molecule has 0 radical (unpaired) electrons. The summed E-state index contributed by atoms with van der Waals surface area (Å²) >= 11 is 6.11. The molecule has 4 rings (SSSR count). The predicted octanol–water partition coefficient (Wildman–Crippen LogP) is 2.73. The second kappa shape index (κ2) is 5.98. The molecule has 1 atom stereocenters. The predicted molar refractivity (Wildman–Crippen MR) is 88.7 cm³/mol. The van der Waals surface area contributed by atoms with Crippen LogP contribution in [0.4, 0.5) is 0 Å². The molecule has 5 nitrogen and oxygen atoms in total. The first-order chi connectivity index (χ1) is 11.2. The quantitative estimate of drug-likeness (QED) is 0.909. The Hall–Kier alpha value is -1.85. The molecule has 1 aliphatic heterocycles. The molecule has 2 aliphatic rings. The Morgan fingerprint density at radius 1 is 1.35 bits per heavy atom. The third kappa shape index (κ3) is 2.99. The van der Waals surface area contributed by atoms with Crippen molar-refractivity contribution < 1.29 is 4.79 Å². The van der Waals surface area contributed by atoms with Gasteiger partial charge in [0, 0.05) is 30.6 Å². The Labute approximate surface area is 140 Å². The van der Waals surface area contributed by atoms with E-state index in [1.165, 1.54) is 12.8 Å². The SMILES string of the molecule is O=C(c1cnc(C2CC2)[nH]1)N1CCNCC1c1cccc(Cl)c1. The molecule has 1 amide bonds. The molecule has 2 fully saturated rings. The van der Waals surface area contributed by atoms with Crippen molar-refractivity contribution in [2.24, 2.45) is 0 Å². The summed E-state index contributed by atoms with van der Waals surface area (Å²) in [7, 11) is 0. The van der Waals surface area contributed by atoms with Crippen molar-refractivity contribution in [1.82, 2.24) is 20.2 Å². The van der Waals surface area contributed by atoms with Crippen LogP contribution in [0, 0.1) is 0 Å². The fourth-order valence-corrected chi connectivity index (χ4v) is 3.32. The van der Waals surface area contributed by atoms with Gasteiger partial charge in [0.25, 0.3) is 5.91 Å². The molecule has 1 aromatic heterocycles. The second-order valence-electron chi connectivity index (χ2n) is 6.23. The minimum atomic E-state index is -0.0115. The van der Waals surface area contributed by atoms with Gasteiger partial charge in [-0.2, -0.15) is 0 Å². The molecule has 6 heteroatoms. The van der Waals surface area contributed by atoms with Crippen LogP contribution >= 0.6 is 11.6 Å². The number of aromatic amines is 1. The second-order valence-corrected chi connectivity index (χ2v) is 6.67. The first kappa shape index (κ1) is 14.7. The van der Waals surface area contributed by atoms with Crippen LogP contribution in [0.25, 0.3) is 0 Å². The van der Waals surface area contributed by atoms with Gasteiger partial charge in [-0.3, -0.25) is 4.79 Å². The minimum absolute atomic E-state index is 0.0101. The van der Waals surface area contributed by atoms with E-state index in [1.54, 1.807) is 6.20 Å². The molecule has 2 aromatic rings. The summed E-state index contributed by atoms with van der Waals surface area (Å²) in [5, 5.41) is 4.05. The summed E-state index contributed by atoms with van der Waals surface area (Å²) in [6.45, 7) is 2.20. The maximum absolute atomic E-state index is 12.9. The Balaban J connectivity index is 1.59. The average Bonchev–Trinajstić information content (AvgIpc) is 3.31. The van der Waals surface area contributed by atoms with Crippen LogP contribution in [0.15, 0.2) is 30.5 Å². The Morgan fingerprint density at radius 2 is 2.22 bits per heavy atom. The molecule has 23 heavy (non-hydrogen) atoms. The smallest absolute Gasteiger partial charge is 0.272 e. The van der Waals surface area contributed by atoms with Crippen molar-refractivity contribution in [3.8, 4) is 0 Å². The monoisotopic (exact) mass is 330 g/mol. The van der Waals surface area contributed by atoms with Crippen molar-refractivity contribution in [2.75, 3.05) is 19.6 Å². The summed E-state index contributed by atoms with van der Waals surface area (Å²) in [5.41, 5.74) is 1.64. The molecular formula is C17H19ClN4O. The number of imidazole rings is 1. The number of carbonyl (C=O) groups is 1. The zero-order chi connectivity index (χ0) is 15.8. The van der Waals surface area contributed by atoms with Gasteiger partial charge < -0.3 is 15.2 Å². The van der Waals surface area contributed by atoms with Crippen LogP contribution in [0.3, 0.4) is 0 Å². The zero-order valence-electron chi connectivity index (χ0n) is 12.8. The van der Waals surface area contributed by atoms with E-state index in [1.807, 2.05) is 29.2 Å². The first-order valence-corrected chi connectivity index (χ1v) is 8.42.